The van der Waals surface area contributed by atoms with E-state index in [1.165, 1.54) is 23.1 Å². The monoisotopic (exact) mass is 515 g/mol. The molecule has 1 spiro atoms. The summed E-state index contributed by atoms with van der Waals surface area (Å²) in [5, 5.41) is 21.6. The predicted molar refractivity (Wildman–Crippen MR) is 130 cm³/mol. The molecule has 2 unspecified atom stereocenters. The Labute approximate surface area is 212 Å². The number of likely N-dealkylation sites (tertiary alicyclic amines) is 1. The summed E-state index contributed by atoms with van der Waals surface area (Å²) in [6, 6.07) is 12.8. The van der Waals surface area contributed by atoms with Gasteiger partial charge in [0.15, 0.2) is 0 Å². The fourth-order valence-electron chi connectivity index (χ4n) is 4.78. The molecule has 4 rings (SSSR count). The number of imide groups is 1. The maximum absolute atomic E-state index is 14.0. The molecule has 2 aromatic carbocycles. The van der Waals surface area contributed by atoms with Crippen LogP contribution < -0.4 is 10.2 Å². The first-order valence-electron chi connectivity index (χ1n) is 10.9. The summed E-state index contributed by atoms with van der Waals surface area (Å²) in [6.45, 7) is 0.306. The third-order valence-corrected chi connectivity index (χ3v) is 6.96. The van der Waals surface area contributed by atoms with Crippen LogP contribution in [0.4, 0.5) is 10.5 Å². The van der Waals surface area contributed by atoms with Crippen molar-refractivity contribution >= 4 is 46.7 Å². The number of benzene rings is 2. The molecular formula is C24H23Cl2N5O4. The van der Waals surface area contributed by atoms with Gasteiger partial charge in [-0.05, 0) is 35.9 Å². The highest BCUT2D eigenvalue weighted by Gasteiger charge is 2.64. The van der Waals surface area contributed by atoms with Gasteiger partial charge in [-0.2, -0.15) is 5.26 Å². The number of aliphatic hydroxyl groups excluding tert-OH is 1. The van der Waals surface area contributed by atoms with Gasteiger partial charge in [-0.1, -0.05) is 35.3 Å². The van der Waals surface area contributed by atoms with E-state index in [0.717, 1.165) is 10.5 Å². The average molecular weight is 516 g/mol. The Kier molecular flexibility index (Phi) is 7.01. The molecule has 2 N–H and O–H groups in total. The van der Waals surface area contributed by atoms with E-state index in [0.29, 0.717) is 5.56 Å². The van der Waals surface area contributed by atoms with Crippen molar-refractivity contribution in [2.24, 2.45) is 0 Å². The van der Waals surface area contributed by atoms with Crippen molar-refractivity contribution in [2.45, 2.75) is 11.5 Å². The summed E-state index contributed by atoms with van der Waals surface area (Å²) in [4.78, 5) is 44.4. The standard InChI is InChI=1S/C24H23Cl2N5O4/c1-29-23(35)31(19-9-17(25)8-18(26)10-19)22(34)24(29)14-30(21(33)12-28-6-7-32)13-20(24)16-4-2-15(11-27)3-5-16/h2-5,8-10,20,28,32H,6-7,12-14H2,1H3. The van der Waals surface area contributed by atoms with Crippen molar-refractivity contribution in [2.75, 3.05) is 44.7 Å². The van der Waals surface area contributed by atoms with Crippen molar-refractivity contribution in [1.82, 2.24) is 15.1 Å². The lowest BCUT2D eigenvalue weighted by molar-refractivity contribution is -0.130. The normalized spacial score (nSPS) is 21.8. The number of nitrogens with one attached hydrogen (secondary N) is 1. The van der Waals surface area contributed by atoms with Crippen LogP contribution in [0.25, 0.3) is 0 Å². The van der Waals surface area contributed by atoms with E-state index in [9.17, 15) is 19.6 Å². The molecule has 2 aliphatic heterocycles. The van der Waals surface area contributed by atoms with E-state index < -0.39 is 23.4 Å². The number of urea groups is 1. The SMILES string of the molecule is CN1C(=O)N(c2cc(Cl)cc(Cl)c2)C(=O)C12CN(C(=O)CNCCO)CC2c1ccc(C#N)cc1. The number of carbonyl (C=O) groups is 3. The van der Waals surface area contributed by atoms with Crippen molar-refractivity contribution in [3.05, 3.63) is 63.6 Å². The van der Waals surface area contributed by atoms with Gasteiger partial charge in [0.2, 0.25) is 5.91 Å². The van der Waals surface area contributed by atoms with Crippen LogP contribution in [0.5, 0.6) is 0 Å². The molecule has 0 aliphatic carbocycles. The van der Waals surface area contributed by atoms with Crippen LogP contribution in [-0.4, -0.2) is 78.1 Å². The van der Waals surface area contributed by atoms with Gasteiger partial charge in [0.05, 0.1) is 37.0 Å². The Morgan fingerprint density at radius 2 is 1.86 bits per heavy atom. The Morgan fingerprint density at radius 3 is 2.46 bits per heavy atom. The van der Waals surface area contributed by atoms with Crippen molar-refractivity contribution in [1.29, 1.82) is 5.26 Å². The minimum atomic E-state index is -1.37. The largest absolute Gasteiger partial charge is 0.395 e. The van der Waals surface area contributed by atoms with Crippen LogP contribution in [0, 0.1) is 11.3 Å². The Balaban J connectivity index is 1.77. The number of nitriles is 1. The van der Waals surface area contributed by atoms with Crippen molar-refractivity contribution in [3.8, 4) is 6.07 Å². The Hall–Kier alpha value is -3.16. The van der Waals surface area contributed by atoms with E-state index >= 15 is 0 Å². The van der Waals surface area contributed by atoms with Gasteiger partial charge in [-0.25, -0.2) is 9.69 Å². The molecular weight excluding hydrogens is 493 g/mol. The second-order valence-corrected chi connectivity index (χ2v) is 9.37. The van der Waals surface area contributed by atoms with Crippen LogP contribution in [0.15, 0.2) is 42.5 Å². The highest BCUT2D eigenvalue weighted by molar-refractivity contribution is 6.35. The lowest BCUT2D eigenvalue weighted by Gasteiger charge is -2.33. The summed E-state index contributed by atoms with van der Waals surface area (Å²) in [5.74, 6) is -1.29. The number of hydrogen-bond donors (Lipinski definition) is 2. The molecule has 35 heavy (non-hydrogen) atoms. The molecule has 0 radical (unpaired) electrons. The molecule has 2 atom stereocenters. The number of rotatable bonds is 6. The molecule has 2 saturated heterocycles. The van der Waals surface area contributed by atoms with Gasteiger partial charge in [-0.3, -0.25) is 9.59 Å². The Morgan fingerprint density at radius 1 is 1.20 bits per heavy atom. The molecule has 2 aliphatic rings. The average Bonchev–Trinajstić information content (AvgIpc) is 3.32. The lowest BCUT2D eigenvalue weighted by Crippen LogP contribution is -2.54. The molecule has 2 aromatic rings. The third-order valence-electron chi connectivity index (χ3n) is 6.53. The van der Waals surface area contributed by atoms with Gasteiger partial charge in [-0.15, -0.1) is 0 Å². The maximum Gasteiger partial charge on any atom is 0.332 e. The summed E-state index contributed by atoms with van der Waals surface area (Å²) < 4.78 is 0. The summed E-state index contributed by atoms with van der Waals surface area (Å²) >= 11 is 12.3. The van der Waals surface area contributed by atoms with Crippen LogP contribution in [-0.2, 0) is 9.59 Å². The number of carbonyl (C=O) groups excluding carboxylic acids is 3. The highest BCUT2D eigenvalue weighted by Crippen LogP contribution is 2.46. The maximum atomic E-state index is 14.0. The predicted octanol–water partition coefficient (Wildman–Crippen LogP) is 2.21. The third kappa shape index (κ3) is 4.34. The number of aliphatic hydroxyl groups is 1. The van der Waals surface area contributed by atoms with Gasteiger partial charge in [0, 0.05) is 36.1 Å². The number of amides is 4. The minimum absolute atomic E-state index is 0.0107. The summed E-state index contributed by atoms with van der Waals surface area (Å²) in [5.41, 5.74) is 0.0576. The van der Waals surface area contributed by atoms with E-state index in [-0.39, 0.29) is 54.4 Å². The molecule has 9 nitrogen and oxygen atoms in total. The second kappa shape index (κ2) is 9.84. The summed E-state index contributed by atoms with van der Waals surface area (Å²) in [7, 11) is 1.54. The van der Waals surface area contributed by atoms with E-state index in [2.05, 4.69) is 11.4 Å². The number of hydrogen-bond acceptors (Lipinski definition) is 6. The molecule has 2 fully saturated rings. The van der Waals surface area contributed by atoms with E-state index in [1.807, 2.05) is 0 Å². The second-order valence-electron chi connectivity index (χ2n) is 8.50. The molecule has 4 amide bonds. The lowest BCUT2D eigenvalue weighted by atomic mass is 9.80. The first-order chi connectivity index (χ1) is 16.7. The van der Waals surface area contributed by atoms with Crippen LogP contribution in [0.3, 0.4) is 0 Å². The molecule has 182 valence electrons. The smallest absolute Gasteiger partial charge is 0.332 e. The number of halogens is 2. The van der Waals surface area contributed by atoms with Gasteiger partial charge >= 0.3 is 6.03 Å². The highest BCUT2D eigenvalue weighted by atomic mass is 35.5. The van der Waals surface area contributed by atoms with Crippen molar-refractivity contribution < 1.29 is 19.5 Å². The topological polar surface area (TPSA) is 117 Å². The zero-order valence-corrected chi connectivity index (χ0v) is 20.4. The number of nitrogens with zero attached hydrogens (tertiary/aromatic N) is 4. The first kappa shape index (κ1) is 24.9. The van der Waals surface area contributed by atoms with Gasteiger partial charge in [0.1, 0.15) is 5.54 Å². The quantitative estimate of drug-likeness (QED) is 0.449. The fraction of sp³-hybridized carbons (Fsp3) is 0.333. The minimum Gasteiger partial charge on any atom is -0.395 e. The molecule has 2 heterocycles. The van der Waals surface area contributed by atoms with Gasteiger partial charge in [0.25, 0.3) is 5.91 Å². The summed E-state index contributed by atoms with van der Waals surface area (Å²) in [6.07, 6.45) is 0. The molecule has 0 saturated carbocycles. The molecule has 0 aromatic heterocycles. The zero-order chi connectivity index (χ0) is 25.3. The molecule has 11 heteroatoms. The number of anilines is 1. The van der Waals surface area contributed by atoms with Crippen LogP contribution >= 0.6 is 23.2 Å². The van der Waals surface area contributed by atoms with Crippen molar-refractivity contribution in [3.63, 3.8) is 0 Å². The molecule has 0 bridgehead atoms. The zero-order valence-electron chi connectivity index (χ0n) is 18.9. The number of likely N-dealkylation sites (N-methyl/N-ethyl adjacent to an activating group) is 1. The van der Waals surface area contributed by atoms with Crippen LogP contribution in [0.1, 0.15) is 17.0 Å². The van der Waals surface area contributed by atoms with Crippen LogP contribution in [0.2, 0.25) is 10.0 Å². The first-order valence-corrected chi connectivity index (χ1v) is 11.7. The van der Waals surface area contributed by atoms with E-state index in [4.69, 9.17) is 28.3 Å². The fourth-order valence-corrected chi connectivity index (χ4v) is 5.30. The Bertz CT molecular complexity index is 1200. The van der Waals surface area contributed by atoms with E-state index in [1.54, 1.807) is 36.2 Å². The van der Waals surface area contributed by atoms with Gasteiger partial charge < -0.3 is 20.2 Å².